The van der Waals surface area contributed by atoms with E-state index in [1.807, 2.05) is 17.7 Å². The number of phenols is 1. The number of imidazole rings is 1. The van der Waals surface area contributed by atoms with Crippen molar-refractivity contribution in [3.63, 3.8) is 0 Å². The fourth-order valence-electron chi connectivity index (χ4n) is 1.81. The number of aromatic nitrogens is 2. The van der Waals surface area contributed by atoms with Gasteiger partial charge in [-0.1, -0.05) is 6.07 Å². The van der Waals surface area contributed by atoms with Gasteiger partial charge in [-0.25, -0.2) is 9.37 Å². The molecule has 0 saturated carbocycles. The second-order valence-electron chi connectivity index (χ2n) is 4.18. The Morgan fingerprint density at radius 1 is 1.50 bits per heavy atom. The lowest BCUT2D eigenvalue weighted by Crippen LogP contribution is -2.23. The van der Waals surface area contributed by atoms with Crippen LogP contribution in [0.15, 0.2) is 36.9 Å². The lowest BCUT2D eigenvalue weighted by Gasteiger charge is -2.15. The molecule has 0 aliphatic rings. The predicted octanol–water partition coefficient (Wildman–Crippen LogP) is 2.08. The summed E-state index contributed by atoms with van der Waals surface area (Å²) in [7, 11) is 0. The number of rotatable bonds is 5. The number of nitrogens with one attached hydrogen (secondary N) is 1. The minimum absolute atomic E-state index is 0.0538. The number of aromatic hydroxyl groups is 1. The molecule has 1 atom stereocenters. The standard InChI is InChI=1S/C13H16FN3O/c1-10(12-3-2-11(18)8-13(12)14)16-5-7-17-6-4-15-9-17/h2-4,6,8-10,16,18H,5,7H2,1H3. The van der Waals surface area contributed by atoms with Gasteiger partial charge in [0.25, 0.3) is 0 Å². The van der Waals surface area contributed by atoms with Gasteiger partial charge in [0.05, 0.1) is 6.33 Å². The number of hydrogen-bond acceptors (Lipinski definition) is 3. The van der Waals surface area contributed by atoms with Crippen molar-refractivity contribution < 1.29 is 9.50 Å². The largest absolute Gasteiger partial charge is 0.508 e. The molecule has 0 spiro atoms. The summed E-state index contributed by atoms with van der Waals surface area (Å²) in [5, 5.41) is 12.4. The van der Waals surface area contributed by atoms with E-state index < -0.39 is 5.82 Å². The SMILES string of the molecule is CC(NCCn1ccnc1)c1ccc(O)cc1F. The Morgan fingerprint density at radius 2 is 2.33 bits per heavy atom. The van der Waals surface area contributed by atoms with Gasteiger partial charge < -0.3 is 15.0 Å². The van der Waals surface area contributed by atoms with Crippen LogP contribution in [0.4, 0.5) is 4.39 Å². The molecule has 2 rings (SSSR count). The maximum atomic E-state index is 13.6. The molecule has 5 heteroatoms. The van der Waals surface area contributed by atoms with Crippen LogP contribution in [0.5, 0.6) is 5.75 Å². The topological polar surface area (TPSA) is 50.1 Å². The van der Waals surface area contributed by atoms with E-state index in [1.54, 1.807) is 18.6 Å². The Morgan fingerprint density at radius 3 is 3.00 bits per heavy atom. The summed E-state index contributed by atoms with van der Waals surface area (Å²) in [5.74, 6) is -0.445. The minimum atomic E-state index is -0.391. The third kappa shape index (κ3) is 3.07. The zero-order chi connectivity index (χ0) is 13.0. The number of benzene rings is 1. The van der Waals surface area contributed by atoms with Crippen molar-refractivity contribution in [1.29, 1.82) is 0 Å². The molecule has 0 aliphatic carbocycles. The average molecular weight is 249 g/mol. The van der Waals surface area contributed by atoms with Gasteiger partial charge in [0.2, 0.25) is 0 Å². The first-order valence-corrected chi connectivity index (χ1v) is 5.84. The normalized spacial score (nSPS) is 12.6. The van der Waals surface area contributed by atoms with Crippen molar-refractivity contribution in [3.8, 4) is 5.75 Å². The van der Waals surface area contributed by atoms with E-state index in [9.17, 15) is 4.39 Å². The lowest BCUT2D eigenvalue weighted by molar-refractivity contribution is 0.462. The molecule has 2 aromatic rings. The van der Waals surface area contributed by atoms with Crippen LogP contribution in [0.25, 0.3) is 0 Å². The number of hydrogen-bond donors (Lipinski definition) is 2. The molecule has 1 aromatic heterocycles. The van der Waals surface area contributed by atoms with Crippen LogP contribution < -0.4 is 5.32 Å². The highest BCUT2D eigenvalue weighted by Crippen LogP contribution is 2.20. The van der Waals surface area contributed by atoms with Gasteiger partial charge in [-0.05, 0) is 13.0 Å². The van der Waals surface area contributed by atoms with Crippen molar-refractivity contribution >= 4 is 0 Å². The van der Waals surface area contributed by atoms with Crippen molar-refractivity contribution in [1.82, 2.24) is 14.9 Å². The first kappa shape index (κ1) is 12.6. The van der Waals surface area contributed by atoms with E-state index in [4.69, 9.17) is 5.11 Å². The minimum Gasteiger partial charge on any atom is -0.508 e. The molecule has 0 saturated heterocycles. The van der Waals surface area contributed by atoms with Gasteiger partial charge >= 0.3 is 0 Å². The lowest BCUT2D eigenvalue weighted by atomic mass is 10.1. The van der Waals surface area contributed by atoms with E-state index in [0.29, 0.717) is 5.56 Å². The molecule has 4 nitrogen and oxygen atoms in total. The molecule has 0 fully saturated rings. The van der Waals surface area contributed by atoms with Crippen molar-refractivity contribution in [3.05, 3.63) is 48.3 Å². The molecule has 0 amide bonds. The maximum absolute atomic E-state index is 13.6. The first-order valence-electron chi connectivity index (χ1n) is 5.84. The van der Waals surface area contributed by atoms with Gasteiger partial charge in [0.1, 0.15) is 11.6 Å². The van der Waals surface area contributed by atoms with E-state index >= 15 is 0 Å². The highest BCUT2D eigenvalue weighted by molar-refractivity contribution is 5.29. The highest BCUT2D eigenvalue weighted by Gasteiger charge is 2.10. The van der Waals surface area contributed by atoms with Crippen LogP contribution in [0, 0.1) is 5.82 Å². The Labute approximate surface area is 105 Å². The van der Waals surface area contributed by atoms with E-state index in [2.05, 4.69) is 10.3 Å². The molecule has 0 radical (unpaired) electrons. The molecular weight excluding hydrogens is 233 g/mol. The molecule has 96 valence electrons. The van der Waals surface area contributed by atoms with E-state index in [-0.39, 0.29) is 11.8 Å². The van der Waals surface area contributed by atoms with E-state index in [0.717, 1.165) is 19.2 Å². The smallest absolute Gasteiger partial charge is 0.131 e. The highest BCUT2D eigenvalue weighted by atomic mass is 19.1. The summed E-state index contributed by atoms with van der Waals surface area (Å²) in [5.41, 5.74) is 0.554. The predicted molar refractivity (Wildman–Crippen MR) is 66.7 cm³/mol. The van der Waals surface area contributed by atoms with Gasteiger partial charge in [-0.3, -0.25) is 0 Å². The van der Waals surface area contributed by atoms with Crippen LogP contribution in [-0.2, 0) is 6.54 Å². The number of halogens is 1. The third-order valence-electron chi connectivity index (χ3n) is 2.83. The summed E-state index contributed by atoms with van der Waals surface area (Å²) in [6, 6.07) is 4.11. The maximum Gasteiger partial charge on any atom is 0.131 e. The van der Waals surface area contributed by atoms with Gasteiger partial charge in [0.15, 0.2) is 0 Å². The van der Waals surface area contributed by atoms with Gasteiger partial charge in [0, 0.05) is 43.2 Å². The zero-order valence-corrected chi connectivity index (χ0v) is 10.2. The number of nitrogens with zero attached hydrogens (tertiary/aromatic N) is 2. The molecular formula is C13H16FN3O. The van der Waals surface area contributed by atoms with Crippen LogP contribution in [0.2, 0.25) is 0 Å². The summed E-state index contributed by atoms with van der Waals surface area (Å²) in [6.45, 7) is 3.39. The summed E-state index contributed by atoms with van der Waals surface area (Å²) < 4.78 is 15.5. The van der Waals surface area contributed by atoms with Crippen molar-refractivity contribution in [2.24, 2.45) is 0 Å². The second kappa shape index (κ2) is 5.64. The molecule has 18 heavy (non-hydrogen) atoms. The summed E-state index contributed by atoms with van der Waals surface area (Å²) in [4.78, 5) is 3.95. The molecule has 1 aromatic carbocycles. The molecule has 1 heterocycles. The second-order valence-corrected chi connectivity index (χ2v) is 4.18. The Bertz CT molecular complexity index is 499. The Kier molecular flexibility index (Phi) is 3.94. The fraction of sp³-hybridized carbons (Fsp3) is 0.308. The average Bonchev–Trinajstić information content (AvgIpc) is 2.81. The molecule has 1 unspecified atom stereocenters. The molecule has 2 N–H and O–H groups in total. The van der Waals surface area contributed by atoms with E-state index in [1.165, 1.54) is 6.07 Å². The quantitative estimate of drug-likeness (QED) is 0.853. The number of phenolic OH excluding ortho intramolecular Hbond substituents is 1. The first-order chi connectivity index (χ1) is 8.66. The van der Waals surface area contributed by atoms with Crippen LogP contribution in [0.3, 0.4) is 0 Å². The van der Waals surface area contributed by atoms with Crippen LogP contribution in [0.1, 0.15) is 18.5 Å². The van der Waals surface area contributed by atoms with Crippen LogP contribution in [-0.4, -0.2) is 21.2 Å². The van der Waals surface area contributed by atoms with Gasteiger partial charge in [-0.15, -0.1) is 0 Å². The van der Waals surface area contributed by atoms with Crippen molar-refractivity contribution in [2.75, 3.05) is 6.54 Å². The van der Waals surface area contributed by atoms with Gasteiger partial charge in [-0.2, -0.15) is 0 Å². The monoisotopic (exact) mass is 249 g/mol. The Balaban J connectivity index is 1.89. The van der Waals surface area contributed by atoms with Crippen LogP contribution >= 0.6 is 0 Å². The summed E-state index contributed by atoms with van der Waals surface area (Å²) >= 11 is 0. The Hall–Kier alpha value is -1.88. The summed E-state index contributed by atoms with van der Waals surface area (Å²) in [6.07, 6.45) is 5.35. The third-order valence-corrected chi connectivity index (χ3v) is 2.83. The fourth-order valence-corrected chi connectivity index (χ4v) is 1.81. The molecule has 0 aliphatic heterocycles. The zero-order valence-electron chi connectivity index (χ0n) is 10.2. The van der Waals surface area contributed by atoms with Crippen molar-refractivity contribution in [2.45, 2.75) is 19.5 Å². The molecule has 0 bridgehead atoms.